The Morgan fingerprint density at radius 2 is 0.485 bits per heavy atom. The largest absolute Gasteiger partial charge is 0.462 e. The van der Waals surface area contributed by atoms with Crippen LogP contribution in [0.5, 0.6) is 0 Å². The highest BCUT2D eigenvalue weighted by molar-refractivity contribution is 5.71. The van der Waals surface area contributed by atoms with Crippen molar-refractivity contribution in [1.29, 1.82) is 0 Å². The van der Waals surface area contributed by atoms with Crippen LogP contribution < -0.4 is 0 Å². The molecule has 0 bridgehead atoms. The highest BCUT2D eigenvalue weighted by Gasteiger charge is 2.19. The summed E-state index contributed by atoms with van der Waals surface area (Å²) in [5.74, 6) is -0.871. The van der Waals surface area contributed by atoms with Gasteiger partial charge in [-0.05, 0) is 70.6 Å². The predicted octanol–water partition coefficient (Wildman–Crippen LogP) is 20.3. The molecule has 0 aliphatic heterocycles. The summed E-state index contributed by atoms with van der Waals surface area (Å²) in [7, 11) is 0. The Bertz CT molecular complexity index is 1100. The van der Waals surface area contributed by atoms with Gasteiger partial charge in [-0.15, -0.1) is 0 Å². The molecule has 6 heteroatoms. The van der Waals surface area contributed by atoms with Crippen LogP contribution in [-0.2, 0) is 28.6 Å². The lowest BCUT2D eigenvalue weighted by Gasteiger charge is -2.18. The van der Waals surface area contributed by atoms with Crippen molar-refractivity contribution in [1.82, 2.24) is 0 Å². The molecule has 1 unspecified atom stereocenters. The van der Waals surface area contributed by atoms with E-state index in [2.05, 4.69) is 45.1 Å². The van der Waals surface area contributed by atoms with E-state index in [-0.39, 0.29) is 31.1 Å². The molecule has 0 radical (unpaired) electrons. The summed E-state index contributed by atoms with van der Waals surface area (Å²) in [5.41, 5.74) is 0. The number of esters is 3. The van der Waals surface area contributed by atoms with Crippen LogP contribution >= 0.6 is 0 Å². The molecule has 0 saturated heterocycles. The fourth-order valence-electron chi connectivity index (χ4n) is 9.08. The first-order valence-electron chi connectivity index (χ1n) is 30.3. The van der Waals surface area contributed by atoms with Crippen LogP contribution in [0.3, 0.4) is 0 Å². The third-order valence-electron chi connectivity index (χ3n) is 13.7. The average molecular weight is 958 g/mol. The first-order valence-corrected chi connectivity index (χ1v) is 30.3. The number of ether oxygens (including phenoxy) is 3. The summed E-state index contributed by atoms with van der Waals surface area (Å²) in [4.78, 5) is 38.1. The SMILES string of the molecule is CCCCC/C=C\CCCCCCCC(=O)OCC(COC(=O)CCCCCCCCCCCCCCCCCCCCCCCCCC)OC(=O)CCCCCCC/C=C\CCCCCCC. The Labute approximate surface area is 423 Å². The molecule has 0 aromatic rings. The van der Waals surface area contributed by atoms with Crippen LogP contribution in [0.25, 0.3) is 0 Å². The number of carbonyl (C=O) groups excluding carboxylic acids is 3. The van der Waals surface area contributed by atoms with Crippen LogP contribution in [0.4, 0.5) is 0 Å². The number of unbranched alkanes of at least 4 members (excludes halogenated alkanes) is 41. The summed E-state index contributed by atoms with van der Waals surface area (Å²) in [5, 5.41) is 0. The van der Waals surface area contributed by atoms with Crippen LogP contribution in [0.15, 0.2) is 24.3 Å². The number of allylic oxidation sites excluding steroid dienone is 4. The highest BCUT2D eigenvalue weighted by atomic mass is 16.6. The molecule has 6 nitrogen and oxygen atoms in total. The Balaban J connectivity index is 4.20. The molecule has 0 amide bonds. The zero-order valence-corrected chi connectivity index (χ0v) is 45.9. The van der Waals surface area contributed by atoms with Gasteiger partial charge in [0.05, 0.1) is 0 Å². The Hall–Kier alpha value is -2.11. The zero-order valence-electron chi connectivity index (χ0n) is 45.9. The minimum absolute atomic E-state index is 0.0729. The molecule has 0 saturated carbocycles. The van der Waals surface area contributed by atoms with E-state index in [0.717, 1.165) is 70.6 Å². The van der Waals surface area contributed by atoms with E-state index < -0.39 is 6.10 Å². The third-order valence-corrected chi connectivity index (χ3v) is 13.7. The predicted molar refractivity (Wildman–Crippen MR) is 293 cm³/mol. The molecular formula is C62H116O6. The lowest BCUT2D eigenvalue weighted by molar-refractivity contribution is -0.167. The summed E-state index contributed by atoms with van der Waals surface area (Å²) in [6.45, 7) is 6.64. The van der Waals surface area contributed by atoms with E-state index in [1.807, 2.05) is 0 Å². The molecule has 0 aliphatic carbocycles. The molecule has 0 aliphatic rings. The smallest absolute Gasteiger partial charge is 0.306 e. The molecular weight excluding hydrogens is 841 g/mol. The van der Waals surface area contributed by atoms with Crippen molar-refractivity contribution < 1.29 is 28.6 Å². The fraction of sp³-hybridized carbons (Fsp3) is 0.887. The molecule has 0 heterocycles. The van der Waals surface area contributed by atoms with Crippen LogP contribution in [0.1, 0.15) is 335 Å². The van der Waals surface area contributed by atoms with Gasteiger partial charge in [-0.3, -0.25) is 14.4 Å². The van der Waals surface area contributed by atoms with Gasteiger partial charge in [-0.2, -0.15) is 0 Å². The second-order valence-electron chi connectivity index (χ2n) is 20.6. The summed E-state index contributed by atoms with van der Waals surface area (Å²) >= 11 is 0. The standard InChI is InChI=1S/C62H116O6/c1-4-7-10-13-16-19-22-25-27-28-29-30-31-32-33-34-35-36-38-40-43-46-49-52-55-61(64)67-58-59(57-66-60(63)54-51-48-45-42-39-24-21-18-15-12-9-6-3)68-62(65)56-53-50-47-44-41-37-26-23-20-17-14-11-8-5-2/h18,21,23,26,59H,4-17,19-20,22,24-25,27-58H2,1-3H3/b21-18-,26-23-. The van der Waals surface area contributed by atoms with Crippen molar-refractivity contribution in [2.24, 2.45) is 0 Å². The van der Waals surface area contributed by atoms with Gasteiger partial charge in [-0.25, -0.2) is 0 Å². The Morgan fingerprint density at radius 1 is 0.279 bits per heavy atom. The maximum absolute atomic E-state index is 12.8. The van der Waals surface area contributed by atoms with Gasteiger partial charge in [0, 0.05) is 19.3 Å². The summed E-state index contributed by atoms with van der Waals surface area (Å²) < 4.78 is 16.9. The zero-order chi connectivity index (χ0) is 49.3. The van der Waals surface area contributed by atoms with E-state index in [1.165, 1.54) is 225 Å². The first kappa shape index (κ1) is 65.9. The van der Waals surface area contributed by atoms with Crippen molar-refractivity contribution in [3.63, 3.8) is 0 Å². The number of rotatable bonds is 56. The van der Waals surface area contributed by atoms with E-state index in [1.54, 1.807) is 0 Å². The molecule has 68 heavy (non-hydrogen) atoms. The van der Waals surface area contributed by atoms with Crippen LogP contribution in [-0.4, -0.2) is 37.2 Å². The minimum Gasteiger partial charge on any atom is -0.462 e. The van der Waals surface area contributed by atoms with Gasteiger partial charge < -0.3 is 14.2 Å². The topological polar surface area (TPSA) is 78.9 Å². The Morgan fingerprint density at radius 3 is 0.765 bits per heavy atom. The first-order chi connectivity index (χ1) is 33.5. The van der Waals surface area contributed by atoms with Crippen molar-refractivity contribution in [2.45, 2.75) is 341 Å². The monoisotopic (exact) mass is 957 g/mol. The molecule has 0 fully saturated rings. The second-order valence-corrected chi connectivity index (χ2v) is 20.6. The van der Waals surface area contributed by atoms with Gasteiger partial charge >= 0.3 is 17.9 Å². The lowest BCUT2D eigenvalue weighted by Crippen LogP contribution is -2.30. The van der Waals surface area contributed by atoms with Crippen LogP contribution in [0.2, 0.25) is 0 Å². The minimum atomic E-state index is -0.775. The van der Waals surface area contributed by atoms with E-state index >= 15 is 0 Å². The van der Waals surface area contributed by atoms with E-state index in [9.17, 15) is 14.4 Å². The number of hydrogen-bond donors (Lipinski definition) is 0. The maximum Gasteiger partial charge on any atom is 0.306 e. The molecule has 1 atom stereocenters. The van der Waals surface area contributed by atoms with Crippen molar-refractivity contribution in [3.8, 4) is 0 Å². The van der Waals surface area contributed by atoms with Gasteiger partial charge in [0.25, 0.3) is 0 Å². The molecule has 0 spiro atoms. The molecule has 400 valence electrons. The van der Waals surface area contributed by atoms with Gasteiger partial charge in [0.1, 0.15) is 13.2 Å². The highest BCUT2D eigenvalue weighted by Crippen LogP contribution is 2.17. The van der Waals surface area contributed by atoms with E-state index in [0.29, 0.717) is 19.3 Å². The van der Waals surface area contributed by atoms with Gasteiger partial charge in [0.15, 0.2) is 6.10 Å². The molecule has 0 N–H and O–H groups in total. The van der Waals surface area contributed by atoms with Crippen molar-refractivity contribution in [2.75, 3.05) is 13.2 Å². The maximum atomic E-state index is 12.8. The fourth-order valence-corrected chi connectivity index (χ4v) is 9.08. The summed E-state index contributed by atoms with van der Waals surface area (Å²) in [6.07, 6.45) is 67.6. The molecule has 0 aromatic carbocycles. The third kappa shape index (κ3) is 54.8. The molecule has 0 aromatic heterocycles. The van der Waals surface area contributed by atoms with Gasteiger partial charge in [-0.1, -0.05) is 270 Å². The quantitative estimate of drug-likeness (QED) is 0.0262. The number of carbonyl (C=O) groups is 3. The van der Waals surface area contributed by atoms with Crippen molar-refractivity contribution >= 4 is 17.9 Å². The summed E-state index contributed by atoms with van der Waals surface area (Å²) in [6, 6.07) is 0. The van der Waals surface area contributed by atoms with Crippen LogP contribution in [0, 0.1) is 0 Å². The second kappa shape index (κ2) is 57.5. The normalized spacial score (nSPS) is 12.1. The molecule has 0 rings (SSSR count). The van der Waals surface area contributed by atoms with E-state index in [4.69, 9.17) is 14.2 Å². The van der Waals surface area contributed by atoms with Gasteiger partial charge in [0.2, 0.25) is 0 Å². The lowest BCUT2D eigenvalue weighted by atomic mass is 10.0. The number of hydrogen-bond acceptors (Lipinski definition) is 6. The average Bonchev–Trinajstić information content (AvgIpc) is 3.34. The van der Waals surface area contributed by atoms with Crippen molar-refractivity contribution in [3.05, 3.63) is 24.3 Å². The Kier molecular flexibility index (Phi) is 55.7.